The largest absolute Gasteiger partial charge is 0.444 e. The summed E-state index contributed by atoms with van der Waals surface area (Å²) in [6.07, 6.45) is 3.88. The molecule has 0 aliphatic rings. The fraction of sp³-hybridized carbons (Fsp3) is 0.429. The number of ether oxygens (including phenoxy) is 1. The maximum absolute atomic E-state index is 11.7. The predicted octanol–water partition coefficient (Wildman–Crippen LogP) is 5.96. The Morgan fingerprint density at radius 1 is 1.00 bits per heavy atom. The highest BCUT2D eigenvalue weighted by Gasteiger charge is 2.15. The van der Waals surface area contributed by atoms with Crippen LogP contribution in [-0.2, 0) is 22.4 Å². The Morgan fingerprint density at radius 3 is 2.47 bits per heavy atom. The van der Waals surface area contributed by atoms with E-state index in [1.54, 1.807) is 0 Å². The van der Waals surface area contributed by atoms with Gasteiger partial charge in [-0.15, -0.1) is 0 Å². The van der Waals surface area contributed by atoms with Crippen LogP contribution >= 0.6 is 0 Å². The summed E-state index contributed by atoms with van der Waals surface area (Å²) in [7, 11) is 0. The molecule has 8 heteroatoms. The first kappa shape index (κ1) is 26.9. The van der Waals surface area contributed by atoms with Gasteiger partial charge in [-0.1, -0.05) is 64.9 Å². The Balaban J connectivity index is 1.38. The van der Waals surface area contributed by atoms with E-state index < -0.39 is 11.7 Å². The zero-order valence-electron chi connectivity index (χ0n) is 21.6. The number of amides is 1. The number of carbonyl (C=O) groups excluding carboxylic acids is 1. The van der Waals surface area contributed by atoms with E-state index in [1.807, 2.05) is 58.0 Å². The highest BCUT2D eigenvalue weighted by atomic mass is 16.6. The summed E-state index contributed by atoms with van der Waals surface area (Å²) in [6.45, 7) is 8.48. The first-order valence-corrected chi connectivity index (χ1v) is 12.4. The number of rotatable bonds is 12. The Labute approximate surface area is 213 Å². The van der Waals surface area contributed by atoms with E-state index >= 15 is 0 Å². The van der Waals surface area contributed by atoms with Gasteiger partial charge in [0.15, 0.2) is 0 Å². The molecule has 0 radical (unpaired) electrons. The lowest BCUT2D eigenvalue weighted by Crippen LogP contribution is -2.33. The Hall–Kier alpha value is -3.68. The van der Waals surface area contributed by atoms with Crippen molar-refractivity contribution in [3.05, 3.63) is 71.6 Å². The highest BCUT2D eigenvalue weighted by Crippen LogP contribution is 2.18. The second kappa shape index (κ2) is 13.4. The second-order valence-corrected chi connectivity index (χ2v) is 9.57. The fourth-order valence-electron chi connectivity index (χ4n) is 3.41. The van der Waals surface area contributed by atoms with Crippen molar-refractivity contribution >= 4 is 11.8 Å². The number of unbranched alkanes of at least 4 members (excludes halogenated alkanes) is 1. The molecule has 0 fully saturated rings. The third-order valence-corrected chi connectivity index (χ3v) is 5.26. The summed E-state index contributed by atoms with van der Waals surface area (Å²) >= 11 is 0. The summed E-state index contributed by atoms with van der Waals surface area (Å²) in [5.41, 5.74) is 3.48. The van der Waals surface area contributed by atoms with Crippen molar-refractivity contribution < 1.29 is 18.9 Å². The van der Waals surface area contributed by atoms with Gasteiger partial charge < -0.3 is 19.4 Å². The normalized spacial score (nSPS) is 11.8. The van der Waals surface area contributed by atoms with E-state index in [0.29, 0.717) is 37.7 Å². The lowest BCUT2D eigenvalue weighted by Gasteiger charge is -2.19. The van der Waals surface area contributed by atoms with E-state index in [-0.39, 0.29) is 0 Å². The van der Waals surface area contributed by atoms with Crippen molar-refractivity contribution in [2.45, 2.75) is 65.4 Å². The van der Waals surface area contributed by atoms with Crippen LogP contribution in [0.5, 0.6) is 0 Å². The molecule has 1 aromatic heterocycles. The first-order chi connectivity index (χ1) is 17.3. The van der Waals surface area contributed by atoms with Gasteiger partial charge in [-0.05, 0) is 64.5 Å². The van der Waals surface area contributed by atoms with Gasteiger partial charge in [0.2, 0.25) is 11.7 Å². The van der Waals surface area contributed by atoms with Crippen LogP contribution in [0, 0.1) is 0 Å². The van der Waals surface area contributed by atoms with Gasteiger partial charge in [-0.3, -0.25) is 0 Å². The SMILES string of the molecule is CC(=NOCCCCc1ccccc1)c1ccc(-c2noc(CCCNC(=O)OC(C)(C)C)n2)cc1. The molecule has 8 nitrogen and oxygen atoms in total. The van der Waals surface area contributed by atoms with E-state index in [4.69, 9.17) is 14.1 Å². The minimum Gasteiger partial charge on any atom is -0.444 e. The van der Waals surface area contributed by atoms with Crippen molar-refractivity contribution in [2.75, 3.05) is 13.2 Å². The monoisotopic (exact) mass is 492 g/mol. The summed E-state index contributed by atoms with van der Waals surface area (Å²) in [5.74, 6) is 1.05. The van der Waals surface area contributed by atoms with Crippen molar-refractivity contribution in [1.82, 2.24) is 15.5 Å². The maximum Gasteiger partial charge on any atom is 0.407 e. The summed E-state index contributed by atoms with van der Waals surface area (Å²) in [6, 6.07) is 18.3. The fourth-order valence-corrected chi connectivity index (χ4v) is 3.41. The predicted molar refractivity (Wildman–Crippen MR) is 140 cm³/mol. The zero-order valence-corrected chi connectivity index (χ0v) is 21.6. The number of nitrogens with one attached hydrogen (secondary N) is 1. The molecule has 0 bridgehead atoms. The number of hydrogen-bond donors (Lipinski definition) is 1. The number of carbonyl (C=O) groups is 1. The topological polar surface area (TPSA) is 98.8 Å². The minimum atomic E-state index is -0.513. The number of hydrogen-bond acceptors (Lipinski definition) is 7. The molecule has 1 N–H and O–H groups in total. The summed E-state index contributed by atoms with van der Waals surface area (Å²) in [5, 5.41) is 11.0. The third-order valence-electron chi connectivity index (χ3n) is 5.26. The van der Waals surface area contributed by atoms with Crippen LogP contribution in [0.3, 0.4) is 0 Å². The van der Waals surface area contributed by atoms with Crippen LogP contribution in [0.1, 0.15) is 64.0 Å². The average molecular weight is 493 g/mol. The van der Waals surface area contributed by atoms with Crippen molar-refractivity contribution in [3.8, 4) is 11.4 Å². The smallest absolute Gasteiger partial charge is 0.407 e. The lowest BCUT2D eigenvalue weighted by atomic mass is 10.1. The molecule has 1 heterocycles. The molecule has 0 unspecified atom stereocenters. The molecule has 0 aliphatic carbocycles. The van der Waals surface area contributed by atoms with E-state index in [9.17, 15) is 4.79 Å². The van der Waals surface area contributed by atoms with Gasteiger partial charge in [0.25, 0.3) is 0 Å². The van der Waals surface area contributed by atoms with Crippen LogP contribution in [0.25, 0.3) is 11.4 Å². The van der Waals surface area contributed by atoms with Gasteiger partial charge in [0.1, 0.15) is 12.2 Å². The van der Waals surface area contributed by atoms with Gasteiger partial charge in [0, 0.05) is 18.5 Å². The van der Waals surface area contributed by atoms with Gasteiger partial charge >= 0.3 is 6.09 Å². The van der Waals surface area contributed by atoms with Gasteiger partial charge in [-0.2, -0.15) is 4.98 Å². The molecular weight excluding hydrogens is 456 g/mol. The molecule has 3 aromatic rings. The van der Waals surface area contributed by atoms with E-state index in [1.165, 1.54) is 5.56 Å². The molecule has 36 heavy (non-hydrogen) atoms. The number of nitrogens with zero attached hydrogens (tertiary/aromatic N) is 3. The first-order valence-electron chi connectivity index (χ1n) is 12.4. The highest BCUT2D eigenvalue weighted by molar-refractivity contribution is 5.98. The molecule has 0 saturated carbocycles. The minimum absolute atomic E-state index is 0.430. The number of aryl methyl sites for hydroxylation is 2. The maximum atomic E-state index is 11.7. The number of oxime groups is 1. The lowest BCUT2D eigenvalue weighted by molar-refractivity contribution is 0.0527. The summed E-state index contributed by atoms with van der Waals surface area (Å²) < 4.78 is 10.6. The standard InChI is InChI=1S/C28H36N4O4/c1-21(31-34-20-9-8-13-22-11-6-5-7-12-22)23-15-17-24(18-16-23)26-30-25(36-32-26)14-10-19-29-27(33)35-28(2,3)4/h5-7,11-12,15-18H,8-10,13-14,19-20H2,1-4H3,(H,29,33). The van der Waals surface area contributed by atoms with Gasteiger partial charge in [0.05, 0.1) is 5.71 Å². The molecule has 3 rings (SSSR count). The molecule has 2 aromatic carbocycles. The molecule has 192 valence electrons. The second-order valence-electron chi connectivity index (χ2n) is 9.57. The third kappa shape index (κ3) is 9.52. The van der Waals surface area contributed by atoms with Crippen LogP contribution in [0.15, 0.2) is 64.3 Å². The van der Waals surface area contributed by atoms with Crippen LogP contribution < -0.4 is 5.32 Å². The Morgan fingerprint density at radius 2 is 1.75 bits per heavy atom. The van der Waals surface area contributed by atoms with E-state index in [2.05, 4.69) is 44.9 Å². The molecule has 0 atom stereocenters. The summed E-state index contributed by atoms with van der Waals surface area (Å²) in [4.78, 5) is 21.6. The molecule has 1 amide bonds. The van der Waals surface area contributed by atoms with E-state index in [0.717, 1.165) is 36.1 Å². The number of aromatic nitrogens is 2. The average Bonchev–Trinajstić information content (AvgIpc) is 3.32. The molecular formula is C28H36N4O4. The van der Waals surface area contributed by atoms with Crippen molar-refractivity contribution in [3.63, 3.8) is 0 Å². The number of benzene rings is 2. The molecule has 0 spiro atoms. The molecule has 0 aliphatic heterocycles. The van der Waals surface area contributed by atoms with Crippen molar-refractivity contribution in [2.24, 2.45) is 5.16 Å². The van der Waals surface area contributed by atoms with Crippen molar-refractivity contribution in [1.29, 1.82) is 0 Å². The van der Waals surface area contributed by atoms with Gasteiger partial charge in [-0.25, -0.2) is 4.79 Å². The van der Waals surface area contributed by atoms with Crippen LogP contribution in [0.2, 0.25) is 0 Å². The van der Waals surface area contributed by atoms with Crippen LogP contribution in [-0.4, -0.2) is 40.7 Å². The Kier molecular flexibility index (Phi) is 10.0. The quantitative estimate of drug-likeness (QED) is 0.190. The molecule has 0 saturated heterocycles. The van der Waals surface area contributed by atoms with Crippen LogP contribution in [0.4, 0.5) is 4.79 Å². The number of alkyl carbamates (subject to hydrolysis) is 1. The zero-order chi connectivity index (χ0) is 25.8. The Bertz CT molecular complexity index is 1100.